The molecule has 2 aromatic rings. The van der Waals surface area contributed by atoms with Gasteiger partial charge in [0.2, 0.25) is 5.91 Å². The van der Waals surface area contributed by atoms with Crippen molar-refractivity contribution in [3.05, 3.63) is 63.4 Å². The van der Waals surface area contributed by atoms with Gasteiger partial charge in [-0.2, -0.15) is 0 Å². The quantitative estimate of drug-likeness (QED) is 0.601. The van der Waals surface area contributed by atoms with Crippen molar-refractivity contribution >= 4 is 23.3 Å². The number of ketones is 1. The van der Waals surface area contributed by atoms with Crippen LogP contribution < -0.4 is 0 Å². The molecule has 0 bridgehead atoms. The summed E-state index contributed by atoms with van der Waals surface area (Å²) < 4.78 is 5.40. The van der Waals surface area contributed by atoms with Gasteiger partial charge in [0.05, 0.1) is 12.5 Å². The summed E-state index contributed by atoms with van der Waals surface area (Å²) in [7, 11) is 0. The molecular weight excluding hydrogens is 438 g/mol. The Morgan fingerprint density at radius 3 is 2.64 bits per heavy atom. The minimum Gasteiger partial charge on any atom is -0.381 e. The van der Waals surface area contributed by atoms with Gasteiger partial charge in [-0.1, -0.05) is 11.6 Å². The Morgan fingerprint density at radius 2 is 1.97 bits per heavy atom. The highest BCUT2D eigenvalue weighted by molar-refractivity contribution is 6.30. The molecule has 0 aliphatic carbocycles. The minimum atomic E-state index is 0.0120. The first-order valence-corrected chi connectivity index (χ1v) is 12.0. The number of hydrogen-bond acceptors (Lipinski definition) is 5. The average Bonchev–Trinajstić information content (AvgIpc) is 3.32. The molecule has 0 spiro atoms. The van der Waals surface area contributed by atoms with Crippen LogP contribution in [-0.2, 0) is 22.5 Å². The predicted molar refractivity (Wildman–Crippen MR) is 129 cm³/mol. The second-order valence-electron chi connectivity index (χ2n) is 9.31. The number of hydrogen-bond donors (Lipinski definition) is 0. The number of halogens is 1. The van der Waals surface area contributed by atoms with E-state index in [1.807, 2.05) is 36.1 Å². The third-order valence-corrected chi connectivity index (χ3v) is 7.06. The van der Waals surface area contributed by atoms with Crippen LogP contribution in [0.2, 0.25) is 5.02 Å². The van der Waals surface area contributed by atoms with E-state index in [1.54, 1.807) is 6.20 Å². The maximum atomic E-state index is 12.8. The van der Waals surface area contributed by atoms with Crippen molar-refractivity contribution in [3.63, 3.8) is 0 Å². The van der Waals surface area contributed by atoms with Gasteiger partial charge in [-0.25, -0.2) is 0 Å². The molecule has 0 radical (unpaired) electrons. The summed E-state index contributed by atoms with van der Waals surface area (Å²) in [6, 6.07) is 7.72. The molecule has 1 amide bonds. The van der Waals surface area contributed by atoms with Crippen LogP contribution in [0.15, 0.2) is 30.5 Å². The Labute approximate surface area is 200 Å². The largest absolute Gasteiger partial charge is 0.381 e. The molecule has 7 heteroatoms. The first kappa shape index (κ1) is 23.9. The van der Waals surface area contributed by atoms with Crippen LogP contribution in [0.5, 0.6) is 0 Å². The predicted octanol–water partition coefficient (Wildman–Crippen LogP) is 3.85. The summed E-state index contributed by atoms with van der Waals surface area (Å²) in [4.78, 5) is 34.3. The van der Waals surface area contributed by atoms with Gasteiger partial charge in [0.15, 0.2) is 5.78 Å². The Morgan fingerprint density at radius 1 is 1.18 bits per heavy atom. The number of pyridine rings is 1. The van der Waals surface area contributed by atoms with Gasteiger partial charge in [-0.3, -0.25) is 19.5 Å². The fourth-order valence-corrected chi connectivity index (χ4v) is 5.03. The molecule has 3 heterocycles. The lowest BCUT2D eigenvalue weighted by Gasteiger charge is -2.41. The van der Waals surface area contributed by atoms with Crippen molar-refractivity contribution < 1.29 is 14.3 Å². The lowest BCUT2D eigenvalue weighted by Crippen LogP contribution is -2.55. The average molecular weight is 470 g/mol. The van der Waals surface area contributed by atoms with Crippen molar-refractivity contribution in [2.24, 2.45) is 5.92 Å². The highest BCUT2D eigenvalue weighted by Gasteiger charge is 2.33. The summed E-state index contributed by atoms with van der Waals surface area (Å²) in [5.74, 6) is 0.276. The maximum Gasteiger partial charge on any atom is 0.228 e. The zero-order chi connectivity index (χ0) is 23.5. The standard InChI is InChI=1S/C26H32ClN3O3/c1-17-4-5-20(13-28-17)25(31)12-22-10-24(27)11-23(19(22)3)15-29-7-8-30(18(2)14-29)26(32)21-6-9-33-16-21/h4-5,10-11,13,18,21H,6-9,12,14-16H2,1-3H3/t18-,21-/m0/s1. The molecule has 2 saturated heterocycles. The van der Waals surface area contributed by atoms with Gasteiger partial charge >= 0.3 is 0 Å². The molecule has 0 saturated carbocycles. The minimum absolute atomic E-state index is 0.0120. The Hall–Kier alpha value is -2.28. The van der Waals surface area contributed by atoms with Crippen molar-refractivity contribution in [1.82, 2.24) is 14.8 Å². The van der Waals surface area contributed by atoms with Crippen molar-refractivity contribution in [1.29, 1.82) is 0 Å². The Balaban J connectivity index is 1.42. The van der Waals surface area contributed by atoms with Crippen molar-refractivity contribution in [3.8, 4) is 0 Å². The number of nitrogens with zero attached hydrogens (tertiary/aromatic N) is 3. The molecule has 1 aromatic carbocycles. The van der Waals surface area contributed by atoms with Crippen LogP contribution in [0.25, 0.3) is 0 Å². The SMILES string of the molecule is Cc1ccc(C(=O)Cc2cc(Cl)cc(CN3CCN(C(=O)[C@H]4CCOC4)[C@@H](C)C3)c2C)cn1. The number of aromatic nitrogens is 1. The van der Waals surface area contributed by atoms with E-state index in [0.717, 1.165) is 55.0 Å². The second kappa shape index (κ2) is 10.3. The van der Waals surface area contributed by atoms with Crippen LogP contribution in [0, 0.1) is 19.8 Å². The van der Waals surface area contributed by atoms with E-state index in [-0.39, 0.29) is 23.7 Å². The fraction of sp³-hybridized carbons (Fsp3) is 0.500. The number of ether oxygens (including phenoxy) is 1. The zero-order valence-electron chi connectivity index (χ0n) is 19.6. The van der Waals surface area contributed by atoms with Crippen molar-refractivity contribution in [2.75, 3.05) is 32.8 Å². The van der Waals surface area contributed by atoms with Crippen LogP contribution in [0.3, 0.4) is 0 Å². The number of aryl methyl sites for hydroxylation is 1. The van der Waals surface area contributed by atoms with Gasteiger partial charge in [-0.15, -0.1) is 0 Å². The van der Waals surface area contributed by atoms with Gasteiger partial charge in [0, 0.05) is 67.7 Å². The third-order valence-electron chi connectivity index (χ3n) is 6.84. The van der Waals surface area contributed by atoms with Crippen LogP contribution in [-0.4, -0.2) is 65.4 Å². The Bertz CT molecular complexity index is 1020. The number of benzene rings is 1. The smallest absolute Gasteiger partial charge is 0.228 e. The first-order chi connectivity index (χ1) is 15.8. The van der Waals surface area contributed by atoms with E-state index < -0.39 is 0 Å². The second-order valence-corrected chi connectivity index (χ2v) is 9.75. The van der Waals surface area contributed by atoms with E-state index in [4.69, 9.17) is 16.3 Å². The van der Waals surface area contributed by atoms with E-state index in [2.05, 4.69) is 23.7 Å². The lowest BCUT2D eigenvalue weighted by molar-refractivity contribution is -0.140. The van der Waals surface area contributed by atoms with E-state index in [0.29, 0.717) is 30.2 Å². The number of Topliss-reactive ketones (excluding diaryl/α,β-unsaturated/α-hetero) is 1. The molecule has 6 nitrogen and oxygen atoms in total. The number of carbonyl (C=O) groups is 2. The highest BCUT2D eigenvalue weighted by atomic mass is 35.5. The summed E-state index contributed by atoms with van der Waals surface area (Å²) in [6.45, 7) is 10.4. The summed E-state index contributed by atoms with van der Waals surface area (Å²) >= 11 is 6.45. The highest BCUT2D eigenvalue weighted by Crippen LogP contribution is 2.25. The molecule has 2 aliphatic rings. The summed E-state index contributed by atoms with van der Waals surface area (Å²) in [5, 5.41) is 0.642. The number of piperazine rings is 1. The molecular formula is C26H32ClN3O3. The van der Waals surface area contributed by atoms with Crippen LogP contribution in [0.1, 0.15) is 46.1 Å². The number of carbonyl (C=O) groups excluding carboxylic acids is 2. The molecule has 4 rings (SSSR count). The van der Waals surface area contributed by atoms with E-state index in [1.165, 1.54) is 0 Å². The van der Waals surface area contributed by atoms with Gasteiger partial charge in [0.25, 0.3) is 0 Å². The first-order valence-electron chi connectivity index (χ1n) is 11.7. The molecule has 2 atom stereocenters. The third kappa shape index (κ3) is 5.62. The topological polar surface area (TPSA) is 62.7 Å². The van der Waals surface area contributed by atoms with E-state index in [9.17, 15) is 9.59 Å². The maximum absolute atomic E-state index is 12.8. The number of amides is 1. The fourth-order valence-electron chi connectivity index (χ4n) is 4.76. The number of rotatable bonds is 6. The Kier molecular flexibility index (Phi) is 7.47. The molecule has 0 N–H and O–H groups in total. The van der Waals surface area contributed by atoms with Crippen LogP contribution >= 0.6 is 11.6 Å². The van der Waals surface area contributed by atoms with Gasteiger partial charge < -0.3 is 9.64 Å². The lowest BCUT2D eigenvalue weighted by atomic mass is 9.96. The molecule has 1 aromatic heterocycles. The van der Waals surface area contributed by atoms with Crippen LogP contribution in [0.4, 0.5) is 0 Å². The molecule has 0 unspecified atom stereocenters. The summed E-state index contributed by atoms with van der Waals surface area (Å²) in [5.41, 5.74) is 4.68. The zero-order valence-corrected chi connectivity index (χ0v) is 20.4. The molecule has 33 heavy (non-hydrogen) atoms. The van der Waals surface area contributed by atoms with Gasteiger partial charge in [0.1, 0.15) is 0 Å². The summed E-state index contributed by atoms with van der Waals surface area (Å²) in [6.07, 6.45) is 2.76. The molecule has 2 aliphatic heterocycles. The van der Waals surface area contributed by atoms with Gasteiger partial charge in [-0.05, 0) is 68.1 Å². The normalized spacial score (nSPS) is 21.4. The monoisotopic (exact) mass is 469 g/mol. The van der Waals surface area contributed by atoms with Crippen molar-refractivity contribution in [2.45, 2.75) is 46.2 Å². The van der Waals surface area contributed by atoms with E-state index >= 15 is 0 Å². The molecule has 176 valence electrons. The molecule has 2 fully saturated rings.